The zero-order valence-corrected chi connectivity index (χ0v) is 11.5. The summed E-state index contributed by atoms with van der Waals surface area (Å²) in [7, 11) is 0. The Morgan fingerprint density at radius 2 is 1.95 bits per heavy atom. The highest BCUT2D eigenvalue weighted by Gasteiger charge is 2.44. The molecule has 2 unspecified atom stereocenters. The number of hydrogen-bond donors (Lipinski definition) is 1. The van der Waals surface area contributed by atoms with Gasteiger partial charge >= 0.3 is 6.18 Å². The van der Waals surface area contributed by atoms with Crippen LogP contribution in [-0.2, 0) is 0 Å². The number of rotatable bonds is 6. The van der Waals surface area contributed by atoms with Crippen molar-refractivity contribution >= 4 is 0 Å². The number of allylic oxidation sites excluding steroid dienone is 1. The quantitative estimate of drug-likeness (QED) is 0.595. The van der Waals surface area contributed by atoms with Crippen LogP contribution >= 0.6 is 0 Å². The lowest BCUT2D eigenvalue weighted by atomic mass is 9.90. The molecule has 1 heterocycles. The van der Waals surface area contributed by atoms with E-state index in [1.54, 1.807) is 0 Å². The average Bonchev–Trinajstić information content (AvgIpc) is 2.37. The fraction of sp³-hybridized carbons (Fsp3) is 0.857. The summed E-state index contributed by atoms with van der Waals surface area (Å²) in [6.45, 7) is 7.08. The van der Waals surface area contributed by atoms with E-state index in [1.165, 1.54) is 0 Å². The van der Waals surface area contributed by atoms with Crippen molar-refractivity contribution in [2.45, 2.75) is 57.3 Å². The number of alkyl halides is 3. The van der Waals surface area contributed by atoms with Gasteiger partial charge < -0.3 is 10.0 Å². The van der Waals surface area contributed by atoms with Crippen LogP contribution in [0.3, 0.4) is 0 Å². The maximum atomic E-state index is 12.4. The Balaban J connectivity index is 2.34. The molecule has 0 aromatic heterocycles. The SMILES string of the molecule is C=CCCCC(C)N1CCC(C(O)C(F)(F)F)CC1. The van der Waals surface area contributed by atoms with Gasteiger partial charge in [0, 0.05) is 6.04 Å². The van der Waals surface area contributed by atoms with E-state index < -0.39 is 18.2 Å². The van der Waals surface area contributed by atoms with E-state index in [9.17, 15) is 18.3 Å². The van der Waals surface area contributed by atoms with Crippen molar-refractivity contribution in [3.63, 3.8) is 0 Å². The zero-order valence-electron chi connectivity index (χ0n) is 11.5. The normalized spacial score (nSPS) is 22.2. The van der Waals surface area contributed by atoms with E-state index in [2.05, 4.69) is 18.4 Å². The second-order valence-electron chi connectivity index (χ2n) is 5.43. The first-order chi connectivity index (χ1) is 8.86. The average molecular weight is 279 g/mol. The van der Waals surface area contributed by atoms with Crippen LogP contribution in [0.1, 0.15) is 39.0 Å². The van der Waals surface area contributed by atoms with Crippen LogP contribution in [0, 0.1) is 5.92 Å². The van der Waals surface area contributed by atoms with Crippen molar-refractivity contribution in [2.24, 2.45) is 5.92 Å². The topological polar surface area (TPSA) is 23.5 Å². The van der Waals surface area contributed by atoms with E-state index >= 15 is 0 Å². The standard InChI is InChI=1S/C14H24F3NO/c1-3-4-5-6-11(2)18-9-7-12(8-10-18)13(19)14(15,16)17/h3,11-13,19H,1,4-10H2,2H3. The highest BCUT2D eigenvalue weighted by atomic mass is 19.4. The Bertz CT molecular complexity index is 272. The Hall–Kier alpha value is -0.550. The van der Waals surface area contributed by atoms with Crippen LogP contribution in [-0.4, -0.2) is 41.4 Å². The molecule has 1 fully saturated rings. The number of aliphatic hydroxyl groups is 1. The lowest BCUT2D eigenvalue weighted by Crippen LogP contribution is -2.45. The van der Waals surface area contributed by atoms with Crippen molar-refractivity contribution in [3.8, 4) is 0 Å². The fourth-order valence-corrected chi connectivity index (χ4v) is 2.68. The highest BCUT2D eigenvalue weighted by molar-refractivity contribution is 4.83. The molecule has 0 aliphatic carbocycles. The maximum absolute atomic E-state index is 12.4. The molecule has 0 spiro atoms. The molecule has 1 N–H and O–H groups in total. The number of likely N-dealkylation sites (tertiary alicyclic amines) is 1. The zero-order chi connectivity index (χ0) is 14.5. The molecule has 0 radical (unpaired) electrons. The lowest BCUT2D eigenvalue weighted by molar-refractivity contribution is -0.223. The van der Waals surface area contributed by atoms with Crippen LogP contribution in [0.2, 0.25) is 0 Å². The molecule has 2 nitrogen and oxygen atoms in total. The van der Waals surface area contributed by atoms with Gasteiger partial charge in [-0.3, -0.25) is 0 Å². The van der Waals surface area contributed by atoms with Gasteiger partial charge in [-0.2, -0.15) is 13.2 Å². The first-order valence-corrected chi connectivity index (χ1v) is 6.96. The Kier molecular flexibility index (Phi) is 6.33. The number of aliphatic hydroxyl groups excluding tert-OH is 1. The number of hydrogen-bond acceptors (Lipinski definition) is 2. The summed E-state index contributed by atoms with van der Waals surface area (Å²) in [5.41, 5.74) is 0. The summed E-state index contributed by atoms with van der Waals surface area (Å²) in [4.78, 5) is 2.22. The van der Waals surface area contributed by atoms with E-state index in [0.717, 1.165) is 19.3 Å². The Labute approximate surface area is 113 Å². The second kappa shape index (κ2) is 7.29. The van der Waals surface area contributed by atoms with Gasteiger partial charge in [0.05, 0.1) is 0 Å². The molecular weight excluding hydrogens is 255 g/mol. The van der Waals surface area contributed by atoms with Gasteiger partial charge in [0.1, 0.15) is 0 Å². The molecular formula is C14H24F3NO. The van der Waals surface area contributed by atoms with Gasteiger partial charge in [-0.25, -0.2) is 0 Å². The monoisotopic (exact) mass is 279 g/mol. The summed E-state index contributed by atoms with van der Waals surface area (Å²) < 4.78 is 37.3. The number of halogens is 3. The van der Waals surface area contributed by atoms with E-state index in [-0.39, 0.29) is 0 Å². The molecule has 0 aromatic rings. The summed E-state index contributed by atoms with van der Waals surface area (Å²) in [6.07, 6.45) is -0.826. The van der Waals surface area contributed by atoms with E-state index in [0.29, 0.717) is 32.0 Å². The third-order valence-corrected chi connectivity index (χ3v) is 4.01. The highest BCUT2D eigenvalue weighted by Crippen LogP contribution is 2.32. The van der Waals surface area contributed by atoms with E-state index in [1.807, 2.05) is 6.08 Å². The van der Waals surface area contributed by atoms with Crippen LogP contribution in [0.15, 0.2) is 12.7 Å². The van der Waals surface area contributed by atoms with Crippen molar-refractivity contribution in [2.75, 3.05) is 13.1 Å². The molecule has 0 bridgehead atoms. The minimum absolute atomic E-state index is 0.393. The van der Waals surface area contributed by atoms with Crippen molar-refractivity contribution < 1.29 is 18.3 Å². The van der Waals surface area contributed by atoms with Gasteiger partial charge in [0.25, 0.3) is 0 Å². The minimum atomic E-state index is -4.48. The van der Waals surface area contributed by atoms with Gasteiger partial charge in [-0.1, -0.05) is 6.08 Å². The first kappa shape index (κ1) is 16.5. The number of piperidine rings is 1. The number of nitrogens with zero attached hydrogens (tertiary/aromatic N) is 1. The van der Waals surface area contributed by atoms with Crippen LogP contribution in [0.25, 0.3) is 0 Å². The number of unbranched alkanes of at least 4 members (excludes halogenated alkanes) is 1. The largest absolute Gasteiger partial charge is 0.414 e. The lowest BCUT2D eigenvalue weighted by Gasteiger charge is -2.38. The summed E-state index contributed by atoms with van der Waals surface area (Å²) >= 11 is 0. The molecule has 1 saturated heterocycles. The molecule has 19 heavy (non-hydrogen) atoms. The summed E-state index contributed by atoms with van der Waals surface area (Å²) in [6, 6.07) is 0.393. The Morgan fingerprint density at radius 3 is 2.42 bits per heavy atom. The predicted octanol–water partition coefficient (Wildman–Crippen LogP) is 3.37. The molecule has 0 saturated carbocycles. The maximum Gasteiger partial charge on any atom is 0.414 e. The first-order valence-electron chi connectivity index (χ1n) is 6.96. The second-order valence-corrected chi connectivity index (χ2v) is 5.43. The summed E-state index contributed by atoms with van der Waals surface area (Å²) in [5.74, 6) is -0.642. The van der Waals surface area contributed by atoms with Gasteiger partial charge in [-0.05, 0) is 58.0 Å². The molecule has 0 aromatic carbocycles. The molecule has 5 heteroatoms. The smallest absolute Gasteiger partial charge is 0.383 e. The van der Waals surface area contributed by atoms with Crippen LogP contribution < -0.4 is 0 Å². The minimum Gasteiger partial charge on any atom is -0.383 e. The third-order valence-electron chi connectivity index (χ3n) is 4.01. The third kappa shape index (κ3) is 5.15. The molecule has 1 rings (SSSR count). The molecule has 2 atom stereocenters. The van der Waals surface area contributed by atoms with Crippen molar-refractivity contribution in [1.29, 1.82) is 0 Å². The van der Waals surface area contributed by atoms with Crippen LogP contribution in [0.5, 0.6) is 0 Å². The molecule has 0 amide bonds. The van der Waals surface area contributed by atoms with E-state index in [4.69, 9.17) is 0 Å². The summed E-state index contributed by atoms with van der Waals surface area (Å²) in [5, 5.41) is 9.25. The van der Waals surface area contributed by atoms with Gasteiger partial charge in [-0.15, -0.1) is 6.58 Å². The van der Waals surface area contributed by atoms with Gasteiger partial charge in [0.2, 0.25) is 0 Å². The van der Waals surface area contributed by atoms with Crippen LogP contribution in [0.4, 0.5) is 13.2 Å². The fourth-order valence-electron chi connectivity index (χ4n) is 2.68. The molecule has 112 valence electrons. The molecule has 1 aliphatic rings. The predicted molar refractivity (Wildman–Crippen MR) is 69.9 cm³/mol. The van der Waals surface area contributed by atoms with Gasteiger partial charge in [0.15, 0.2) is 6.10 Å². The Morgan fingerprint density at radius 1 is 1.37 bits per heavy atom. The molecule has 1 aliphatic heterocycles. The van der Waals surface area contributed by atoms with Crippen molar-refractivity contribution in [3.05, 3.63) is 12.7 Å². The van der Waals surface area contributed by atoms with Crippen molar-refractivity contribution in [1.82, 2.24) is 4.90 Å².